The summed E-state index contributed by atoms with van der Waals surface area (Å²) >= 11 is 0. The van der Waals surface area contributed by atoms with Gasteiger partial charge in [0.1, 0.15) is 12.4 Å². The molecule has 0 radical (unpaired) electrons. The number of aromatic nitrogens is 1. The van der Waals surface area contributed by atoms with Gasteiger partial charge in [0.2, 0.25) is 11.8 Å². The van der Waals surface area contributed by atoms with E-state index in [-0.39, 0.29) is 31.3 Å². The second-order valence-corrected chi connectivity index (χ2v) is 4.97. The number of cyclic esters (lactones) is 1. The maximum Gasteiger partial charge on any atom is 0.409 e. The fourth-order valence-corrected chi connectivity index (χ4v) is 1.96. The summed E-state index contributed by atoms with van der Waals surface area (Å²) in [6, 6.07) is 1.58. The van der Waals surface area contributed by atoms with Crippen molar-refractivity contribution < 1.29 is 23.6 Å². The Kier molecular flexibility index (Phi) is 4.97. The van der Waals surface area contributed by atoms with Gasteiger partial charge < -0.3 is 24.4 Å². The molecule has 0 saturated carbocycles. The monoisotopic (exact) mass is 310 g/mol. The molecule has 0 spiro atoms. The van der Waals surface area contributed by atoms with E-state index in [2.05, 4.69) is 10.5 Å². The van der Waals surface area contributed by atoms with Gasteiger partial charge in [-0.2, -0.15) is 0 Å². The van der Waals surface area contributed by atoms with Crippen LogP contribution < -0.4 is 5.32 Å². The number of aryl methyl sites for hydroxylation is 1. The number of hydrogen-bond donors (Lipinski definition) is 1. The molecular formula is C13H18N4O5. The number of anilines is 1. The molecule has 0 atom stereocenters. The van der Waals surface area contributed by atoms with Gasteiger partial charge in [-0.3, -0.25) is 9.59 Å². The largest absolute Gasteiger partial charge is 0.448 e. The van der Waals surface area contributed by atoms with Gasteiger partial charge in [0.05, 0.1) is 13.1 Å². The summed E-state index contributed by atoms with van der Waals surface area (Å²) in [4.78, 5) is 37.7. The molecule has 1 N–H and O–H groups in total. The highest BCUT2D eigenvalue weighted by atomic mass is 16.6. The second-order valence-electron chi connectivity index (χ2n) is 4.97. The summed E-state index contributed by atoms with van der Waals surface area (Å²) in [6.45, 7) is 2.73. The summed E-state index contributed by atoms with van der Waals surface area (Å²) in [5.74, 6) is 0.288. The zero-order valence-corrected chi connectivity index (χ0v) is 12.5. The van der Waals surface area contributed by atoms with Gasteiger partial charge in [0.25, 0.3) is 0 Å². The molecule has 120 valence electrons. The van der Waals surface area contributed by atoms with E-state index in [1.54, 1.807) is 13.0 Å². The highest BCUT2D eigenvalue weighted by Gasteiger charge is 2.23. The molecule has 2 rings (SSSR count). The predicted octanol–water partition coefficient (Wildman–Crippen LogP) is 0.222. The van der Waals surface area contributed by atoms with E-state index in [1.807, 2.05) is 0 Å². The molecule has 2 heterocycles. The lowest BCUT2D eigenvalue weighted by molar-refractivity contribution is -0.133. The lowest BCUT2D eigenvalue weighted by Crippen LogP contribution is -2.37. The number of nitrogens with zero attached hydrogens (tertiary/aromatic N) is 3. The van der Waals surface area contributed by atoms with Crippen LogP contribution in [0.2, 0.25) is 0 Å². The molecule has 1 fully saturated rings. The van der Waals surface area contributed by atoms with Crippen LogP contribution in [0, 0.1) is 6.92 Å². The summed E-state index contributed by atoms with van der Waals surface area (Å²) in [6.07, 6.45) is -0.267. The van der Waals surface area contributed by atoms with Crippen molar-refractivity contribution in [3.63, 3.8) is 0 Å². The molecule has 0 unspecified atom stereocenters. The van der Waals surface area contributed by atoms with Crippen LogP contribution in [-0.4, -0.2) is 66.2 Å². The fourth-order valence-electron chi connectivity index (χ4n) is 1.96. The van der Waals surface area contributed by atoms with Crippen molar-refractivity contribution >= 4 is 23.7 Å². The average Bonchev–Trinajstić information content (AvgIpc) is 3.04. The maximum absolute atomic E-state index is 11.9. The summed E-state index contributed by atoms with van der Waals surface area (Å²) in [5.41, 5.74) is 0. The number of carbonyl (C=O) groups excluding carboxylic acids is 3. The first-order valence-electron chi connectivity index (χ1n) is 6.84. The number of carbonyl (C=O) groups is 3. The van der Waals surface area contributed by atoms with Gasteiger partial charge in [-0.05, 0) is 6.92 Å². The van der Waals surface area contributed by atoms with E-state index in [1.165, 1.54) is 16.8 Å². The van der Waals surface area contributed by atoms with Gasteiger partial charge in [0, 0.05) is 26.1 Å². The van der Waals surface area contributed by atoms with Crippen molar-refractivity contribution in [2.75, 3.05) is 38.6 Å². The Hall–Kier alpha value is -2.58. The lowest BCUT2D eigenvalue weighted by Gasteiger charge is -2.18. The molecule has 1 saturated heterocycles. The zero-order valence-electron chi connectivity index (χ0n) is 12.5. The van der Waals surface area contributed by atoms with Crippen LogP contribution >= 0.6 is 0 Å². The number of likely N-dealkylation sites (N-methyl/N-ethyl adjacent to an activating group) is 1. The molecule has 9 nitrogen and oxygen atoms in total. The Bertz CT molecular complexity index is 571. The van der Waals surface area contributed by atoms with E-state index >= 15 is 0 Å². The van der Waals surface area contributed by atoms with Gasteiger partial charge in [-0.15, -0.1) is 0 Å². The van der Waals surface area contributed by atoms with E-state index in [9.17, 15) is 14.4 Å². The Balaban J connectivity index is 1.73. The third kappa shape index (κ3) is 4.21. The third-order valence-corrected chi connectivity index (χ3v) is 3.14. The predicted molar refractivity (Wildman–Crippen MR) is 75.0 cm³/mol. The number of hydrogen-bond acceptors (Lipinski definition) is 6. The van der Waals surface area contributed by atoms with Gasteiger partial charge >= 0.3 is 6.09 Å². The molecule has 1 aromatic rings. The minimum absolute atomic E-state index is 0.102. The van der Waals surface area contributed by atoms with Gasteiger partial charge in [-0.1, -0.05) is 5.16 Å². The van der Waals surface area contributed by atoms with Crippen molar-refractivity contribution in [1.29, 1.82) is 0 Å². The molecule has 9 heteroatoms. The van der Waals surface area contributed by atoms with Crippen molar-refractivity contribution in [2.24, 2.45) is 0 Å². The molecule has 3 amide bonds. The molecule has 1 aliphatic rings. The minimum atomic E-state index is -0.408. The number of nitrogens with one attached hydrogen (secondary N) is 1. The standard InChI is InChI=1S/C13H18N4O5/c1-9-7-10(15-22-9)14-11(18)8-16(2)12(19)3-4-17-5-6-21-13(17)20/h7H,3-6,8H2,1-2H3,(H,14,15,18). The molecule has 0 bridgehead atoms. The molecule has 0 aromatic carbocycles. The van der Waals surface area contributed by atoms with Gasteiger partial charge in [0.15, 0.2) is 5.82 Å². The molecular weight excluding hydrogens is 292 g/mol. The SMILES string of the molecule is Cc1cc(NC(=O)CN(C)C(=O)CCN2CCOC2=O)no1. The van der Waals surface area contributed by atoms with E-state index in [4.69, 9.17) is 9.26 Å². The maximum atomic E-state index is 11.9. The Morgan fingerprint density at radius 1 is 1.50 bits per heavy atom. The Morgan fingerprint density at radius 3 is 2.86 bits per heavy atom. The fraction of sp³-hybridized carbons (Fsp3) is 0.538. The van der Waals surface area contributed by atoms with Crippen molar-refractivity contribution in [1.82, 2.24) is 15.0 Å². The van der Waals surface area contributed by atoms with E-state index in [0.29, 0.717) is 24.7 Å². The summed E-state index contributed by atoms with van der Waals surface area (Å²) in [7, 11) is 1.53. The summed E-state index contributed by atoms with van der Waals surface area (Å²) in [5, 5.41) is 6.17. The van der Waals surface area contributed by atoms with E-state index in [0.717, 1.165) is 0 Å². The van der Waals surface area contributed by atoms with Gasteiger partial charge in [-0.25, -0.2) is 4.79 Å². The number of rotatable bonds is 6. The van der Waals surface area contributed by atoms with Crippen molar-refractivity contribution in [3.8, 4) is 0 Å². The number of ether oxygens (including phenoxy) is 1. The molecule has 22 heavy (non-hydrogen) atoms. The molecule has 1 aromatic heterocycles. The van der Waals surface area contributed by atoms with Crippen LogP contribution in [-0.2, 0) is 14.3 Å². The van der Waals surface area contributed by atoms with E-state index < -0.39 is 6.09 Å². The van der Waals surface area contributed by atoms with Crippen molar-refractivity contribution in [3.05, 3.63) is 11.8 Å². The number of amides is 3. The van der Waals surface area contributed by atoms with Crippen LogP contribution in [0.15, 0.2) is 10.6 Å². The first kappa shape index (κ1) is 15.8. The smallest absolute Gasteiger partial charge is 0.409 e. The molecule has 0 aliphatic carbocycles. The highest BCUT2D eigenvalue weighted by Crippen LogP contribution is 2.07. The molecule has 1 aliphatic heterocycles. The first-order valence-corrected chi connectivity index (χ1v) is 6.84. The lowest BCUT2D eigenvalue weighted by atomic mass is 10.3. The Labute approximate surface area is 127 Å². The third-order valence-electron chi connectivity index (χ3n) is 3.14. The Morgan fingerprint density at radius 2 is 2.27 bits per heavy atom. The van der Waals surface area contributed by atoms with Crippen LogP contribution in [0.1, 0.15) is 12.2 Å². The van der Waals surface area contributed by atoms with Crippen LogP contribution in [0.25, 0.3) is 0 Å². The highest BCUT2D eigenvalue weighted by molar-refractivity contribution is 5.93. The minimum Gasteiger partial charge on any atom is -0.448 e. The van der Waals surface area contributed by atoms with Crippen LogP contribution in [0.4, 0.5) is 10.6 Å². The zero-order chi connectivity index (χ0) is 16.1. The van der Waals surface area contributed by atoms with Crippen molar-refractivity contribution in [2.45, 2.75) is 13.3 Å². The first-order chi connectivity index (χ1) is 10.5. The quantitative estimate of drug-likeness (QED) is 0.806. The summed E-state index contributed by atoms with van der Waals surface area (Å²) < 4.78 is 9.60. The van der Waals surface area contributed by atoms with Crippen LogP contribution in [0.3, 0.4) is 0 Å². The second kappa shape index (κ2) is 6.92. The van der Waals surface area contributed by atoms with Crippen LogP contribution in [0.5, 0.6) is 0 Å². The normalized spacial score (nSPS) is 13.9. The topological polar surface area (TPSA) is 105 Å². The average molecular weight is 310 g/mol.